The Balaban J connectivity index is 1.72. The molecule has 0 saturated heterocycles. The fraction of sp³-hybridized carbons (Fsp3) is 0.789. The summed E-state index contributed by atoms with van der Waals surface area (Å²) >= 11 is 0. The zero-order chi connectivity index (χ0) is 17.5. The molecule has 5 heteroatoms. The summed E-state index contributed by atoms with van der Waals surface area (Å²) in [7, 11) is 0. The van der Waals surface area contributed by atoms with E-state index in [0.717, 1.165) is 44.2 Å². The van der Waals surface area contributed by atoms with Crippen LogP contribution in [0.2, 0.25) is 0 Å². The minimum atomic E-state index is -0.665. The van der Waals surface area contributed by atoms with Crippen molar-refractivity contribution >= 4 is 5.91 Å². The first-order valence-corrected chi connectivity index (χ1v) is 9.33. The number of nitrogens with zero attached hydrogens (tertiary/aromatic N) is 2. The van der Waals surface area contributed by atoms with Crippen molar-refractivity contribution in [1.29, 1.82) is 0 Å². The summed E-state index contributed by atoms with van der Waals surface area (Å²) in [6, 6.07) is 0.262. The van der Waals surface area contributed by atoms with E-state index in [1.807, 2.05) is 4.68 Å². The molecule has 134 valence electrons. The fourth-order valence-electron chi connectivity index (χ4n) is 3.92. The van der Waals surface area contributed by atoms with Gasteiger partial charge in [0.2, 0.25) is 0 Å². The van der Waals surface area contributed by atoms with E-state index in [0.29, 0.717) is 18.0 Å². The largest absolute Gasteiger partial charge is 0.389 e. The SMILES string of the molecule is CC(C)n1ncc(C(=O)NCC(C)(C)C2(O)CCCC2)c1C1CC1. The molecule has 0 unspecified atom stereocenters. The Morgan fingerprint density at radius 1 is 1.42 bits per heavy atom. The fourth-order valence-corrected chi connectivity index (χ4v) is 3.92. The van der Waals surface area contributed by atoms with E-state index in [-0.39, 0.29) is 17.4 Å². The van der Waals surface area contributed by atoms with Crippen LogP contribution in [0.15, 0.2) is 6.20 Å². The highest BCUT2D eigenvalue weighted by Gasteiger charge is 2.45. The number of hydrogen-bond donors (Lipinski definition) is 2. The first-order valence-electron chi connectivity index (χ1n) is 9.33. The maximum absolute atomic E-state index is 12.8. The predicted octanol–water partition coefficient (Wildman–Crippen LogP) is 3.40. The van der Waals surface area contributed by atoms with Crippen LogP contribution in [0.1, 0.15) is 94.2 Å². The van der Waals surface area contributed by atoms with Crippen molar-refractivity contribution in [2.24, 2.45) is 5.41 Å². The Morgan fingerprint density at radius 3 is 2.58 bits per heavy atom. The zero-order valence-electron chi connectivity index (χ0n) is 15.4. The molecule has 0 radical (unpaired) electrons. The van der Waals surface area contributed by atoms with E-state index in [1.165, 1.54) is 0 Å². The van der Waals surface area contributed by atoms with Crippen LogP contribution in [-0.2, 0) is 0 Å². The first-order chi connectivity index (χ1) is 11.3. The first kappa shape index (κ1) is 17.5. The lowest BCUT2D eigenvalue weighted by atomic mass is 9.73. The van der Waals surface area contributed by atoms with Crippen molar-refractivity contribution < 1.29 is 9.90 Å². The van der Waals surface area contributed by atoms with E-state index in [9.17, 15) is 9.90 Å². The van der Waals surface area contributed by atoms with Crippen LogP contribution in [0.3, 0.4) is 0 Å². The van der Waals surface area contributed by atoms with Crippen LogP contribution in [0.5, 0.6) is 0 Å². The summed E-state index contributed by atoms with van der Waals surface area (Å²) in [6.07, 6.45) is 7.79. The van der Waals surface area contributed by atoms with Crippen LogP contribution >= 0.6 is 0 Å². The molecule has 0 atom stereocenters. The topological polar surface area (TPSA) is 67.2 Å². The van der Waals surface area contributed by atoms with E-state index < -0.39 is 5.60 Å². The molecular weight excluding hydrogens is 302 g/mol. The standard InChI is InChI=1S/C19H31N3O2/c1-13(2)22-16(14-7-8-14)15(11-21-22)17(23)20-12-18(3,4)19(24)9-5-6-10-19/h11,13-14,24H,5-10,12H2,1-4H3,(H,20,23). The monoisotopic (exact) mass is 333 g/mol. The average molecular weight is 333 g/mol. The van der Waals surface area contributed by atoms with Gasteiger partial charge in [0, 0.05) is 23.9 Å². The highest BCUT2D eigenvalue weighted by atomic mass is 16.3. The molecule has 2 saturated carbocycles. The second-order valence-electron chi connectivity index (χ2n) is 8.56. The molecule has 24 heavy (non-hydrogen) atoms. The molecule has 2 fully saturated rings. The van der Waals surface area contributed by atoms with Crippen molar-refractivity contribution in [3.63, 3.8) is 0 Å². The third kappa shape index (κ3) is 3.10. The van der Waals surface area contributed by atoms with Gasteiger partial charge in [-0.2, -0.15) is 5.10 Å². The number of carbonyl (C=O) groups excluding carboxylic acids is 1. The Labute approximate surface area is 144 Å². The van der Waals surface area contributed by atoms with Crippen molar-refractivity contribution in [2.75, 3.05) is 6.54 Å². The van der Waals surface area contributed by atoms with Crippen molar-refractivity contribution in [3.05, 3.63) is 17.5 Å². The molecule has 5 nitrogen and oxygen atoms in total. The number of amides is 1. The highest BCUT2D eigenvalue weighted by molar-refractivity contribution is 5.95. The maximum atomic E-state index is 12.8. The van der Waals surface area contributed by atoms with Gasteiger partial charge < -0.3 is 10.4 Å². The van der Waals surface area contributed by atoms with Crippen LogP contribution in [0.25, 0.3) is 0 Å². The van der Waals surface area contributed by atoms with Crippen LogP contribution in [0, 0.1) is 5.41 Å². The Morgan fingerprint density at radius 2 is 2.04 bits per heavy atom. The third-order valence-corrected chi connectivity index (χ3v) is 5.91. The van der Waals surface area contributed by atoms with E-state index in [2.05, 4.69) is 38.1 Å². The van der Waals surface area contributed by atoms with Gasteiger partial charge in [0.15, 0.2) is 0 Å². The Kier molecular flexibility index (Phi) is 4.49. The summed E-state index contributed by atoms with van der Waals surface area (Å²) in [5.41, 5.74) is 0.801. The van der Waals surface area contributed by atoms with Crippen LogP contribution in [0.4, 0.5) is 0 Å². The lowest BCUT2D eigenvalue weighted by Crippen LogP contribution is -2.49. The summed E-state index contributed by atoms with van der Waals surface area (Å²) < 4.78 is 1.99. The molecule has 0 aromatic carbocycles. The maximum Gasteiger partial charge on any atom is 0.254 e. The predicted molar refractivity (Wildman–Crippen MR) is 94.1 cm³/mol. The molecule has 0 bridgehead atoms. The molecule has 2 aliphatic rings. The van der Waals surface area contributed by atoms with Gasteiger partial charge in [-0.25, -0.2) is 0 Å². The minimum Gasteiger partial charge on any atom is -0.389 e. The smallest absolute Gasteiger partial charge is 0.254 e. The molecule has 0 spiro atoms. The Hall–Kier alpha value is -1.36. The van der Waals surface area contributed by atoms with Crippen molar-refractivity contribution in [1.82, 2.24) is 15.1 Å². The van der Waals surface area contributed by atoms with Gasteiger partial charge in [-0.05, 0) is 39.5 Å². The number of nitrogens with one attached hydrogen (secondary N) is 1. The van der Waals surface area contributed by atoms with Gasteiger partial charge >= 0.3 is 0 Å². The van der Waals surface area contributed by atoms with Crippen molar-refractivity contribution in [2.45, 2.75) is 83.8 Å². The molecule has 1 amide bonds. The molecule has 1 aromatic rings. The summed E-state index contributed by atoms with van der Waals surface area (Å²) in [4.78, 5) is 12.8. The van der Waals surface area contributed by atoms with E-state index >= 15 is 0 Å². The number of rotatable bonds is 6. The molecule has 2 aliphatic carbocycles. The number of hydrogen-bond acceptors (Lipinski definition) is 3. The molecule has 1 aromatic heterocycles. The number of aliphatic hydroxyl groups is 1. The second kappa shape index (κ2) is 6.17. The molecule has 2 N–H and O–H groups in total. The summed E-state index contributed by atoms with van der Waals surface area (Å²) in [5, 5.41) is 18.4. The Bertz CT molecular complexity index is 608. The second-order valence-corrected chi connectivity index (χ2v) is 8.56. The van der Waals surface area contributed by atoms with Gasteiger partial charge in [0.05, 0.1) is 23.1 Å². The lowest BCUT2D eigenvalue weighted by molar-refractivity contribution is -0.0590. The van der Waals surface area contributed by atoms with Crippen LogP contribution < -0.4 is 5.32 Å². The van der Waals surface area contributed by atoms with E-state index in [1.54, 1.807) is 6.20 Å². The van der Waals surface area contributed by atoms with Gasteiger partial charge in [-0.15, -0.1) is 0 Å². The lowest BCUT2D eigenvalue weighted by Gasteiger charge is -2.40. The minimum absolute atomic E-state index is 0.0570. The molecular formula is C19H31N3O2. The molecule has 1 heterocycles. The molecule has 3 rings (SSSR count). The quantitative estimate of drug-likeness (QED) is 0.838. The number of carbonyl (C=O) groups is 1. The average Bonchev–Trinajstić information content (AvgIpc) is 3.08. The van der Waals surface area contributed by atoms with Gasteiger partial charge in [0.25, 0.3) is 5.91 Å². The van der Waals surface area contributed by atoms with Gasteiger partial charge in [0.1, 0.15) is 0 Å². The molecule has 0 aliphatic heterocycles. The summed E-state index contributed by atoms with van der Waals surface area (Å²) in [5.74, 6) is 0.418. The van der Waals surface area contributed by atoms with Crippen LogP contribution in [-0.4, -0.2) is 32.9 Å². The van der Waals surface area contributed by atoms with Gasteiger partial charge in [-0.3, -0.25) is 9.48 Å². The van der Waals surface area contributed by atoms with E-state index in [4.69, 9.17) is 0 Å². The van der Waals surface area contributed by atoms with Crippen molar-refractivity contribution in [3.8, 4) is 0 Å². The summed E-state index contributed by atoms with van der Waals surface area (Å²) in [6.45, 7) is 8.79. The number of aromatic nitrogens is 2. The highest BCUT2D eigenvalue weighted by Crippen LogP contribution is 2.44. The zero-order valence-corrected chi connectivity index (χ0v) is 15.4. The van der Waals surface area contributed by atoms with Gasteiger partial charge in [-0.1, -0.05) is 26.7 Å². The normalized spacial score (nSPS) is 20.6. The third-order valence-electron chi connectivity index (χ3n) is 5.91.